The van der Waals surface area contributed by atoms with E-state index in [0.29, 0.717) is 0 Å². The Morgan fingerprint density at radius 3 is 2.53 bits per heavy atom. The maximum absolute atomic E-state index is 12.0. The molecule has 1 aromatic carbocycles. The van der Waals surface area contributed by atoms with Crippen molar-refractivity contribution in [3.05, 3.63) is 24.3 Å². The van der Waals surface area contributed by atoms with Crippen LogP contribution in [0.4, 0.5) is 18.9 Å². The molecule has 1 rings (SSSR count). The Labute approximate surface area is 95.6 Å². The molecule has 0 amide bonds. The number of aliphatic hydroxyl groups excluding tert-OH is 2. The highest BCUT2D eigenvalue weighted by atomic mass is 19.4. The first-order chi connectivity index (χ1) is 7.92. The number of hydrogen-bond acceptors (Lipinski definition) is 4. The number of aliphatic hydroxyl groups is 2. The third-order valence-corrected chi connectivity index (χ3v) is 1.85. The van der Waals surface area contributed by atoms with Gasteiger partial charge in [-0.25, -0.2) is 0 Å². The lowest BCUT2D eigenvalue weighted by Gasteiger charge is -2.15. The van der Waals surface area contributed by atoms with Crippen LogP contribution in [0, 0.1) is 0 Å². The first-order valence-corrected chi connectivity index (χ1v) is 4.80. The number of alkyl halides is 3. The van der Waals surface area contributed by atoms with Crippen molar-refractivity contribution in [1.29, 1.82) is 0 Å². The largest absolute Gasteiger partial charge is 0.573 e. The third kappa shape index (κ3) is 4.92. The lowest BCUT2D eigenvalue weighted by atomic mass is 10.2. The van der Waals surface area contributed by atoms with Crippen molar-refractivity contribution in [2.45, 2.75) is 12.5 Å². The highest BCUT2D eigenvalue weighted by Crippen LogP contribution is 2.29. The molecule has 96 valence electrons. The fraction of sp³-hybridized carbons (Fsp3) is 0.400. The molecule has 0 saturated heterocycles. The summed E-state index contributed by atoms with van der Waals surface area (Å²) in [7, 11) is 0. The van der Waals surface area contributed by atoms with E-state index in [0.717, 1.165) is 6.07 Å². The summed E-state index contributed by atoms with van der Waals surface area (Å²) in [6.07, 6.45) is -5.82. The van der Waals surface area contributed by atoms with Gasteiger partial charge in [0.15, 0.2) is 5.75 Å². The maximum Gasteiger partial charge on any atom is 0.573 e. The van der Waals surface area contributed by atoms with E-state index in [-0.39, 0.29) is 18.0 Å². The van der Waals surface area contributed by atoms with Crippen molar-refractivity contribution in [2.75, 3.05) is 18.5 Å². The van der Waals surface area contributed by atoms with Crippen molar-refractivity contribution in [3.63, 3.8) is 0 Å². The quantitative estimate of drug-likeness (QED) is 0.739. The van der Waals surface area contributed by atoms with Crippen LogP contribution in [0.25, 0.3) is 0 Å². The van der Waals surface area contributed by atoms with Crippen LogP contribution in [0.3, 0.4) is 0 Å². The number of rotatable bonds is 5. The number of anilines is 1. The van der Waals surface area contributed by atoms with Gasteiger partial charge in [0.05, 0.1) is 18.4 Å². The smallest absolute Gasteiger partial charge is 0.404 e. The number of ether oxygens (including phenoxy) is 1. The van der Waals surface area contributed by atoms with Crippen LogP contribution in [0.2, 0.25) is 0 Å². The normalized spacial score (nSPS) is 13.2. The van der Waals surface area contributed by atoms with Gasteiger partial charge in [0.25, 0.3) is 0 Å². The Morgan fingerprint density at radius 1 is 1.29 bits per heavy atom. The minimum atomic E-state index is -4.77. The number of para-hydroxylation sites is 2. The summed E-state index contributed by atoms with van der Waals surface area (Å²) in [5.41, 5.74) is 0.0947. The number of hydrogen-bond donors (Lipinski definition) is 3. The minimum Gasteiger partial charge on any atom is -0.404 e. The van der Waals surface area contributed by atoms with Gasteiger partial charge < -0.3 is 20.3 Å². The molecule has 17 heavy (non-hydrogen) atoms. The van der Waals surface area contributed by atoms with Gasteiger partial charge in [-0.3, -0.25) is 0 Å². The third-order valence-electron chi connectivity index (χ3n) is 1.85. The van der Waals surface area contributed by atoms with Gasteiger partial charge in [-0.05, 0) is 12.1 Å². The van der Waals surface area contributed by atoms with Crippen molar-refractivity contribution in [2.24, 2.45) is 0 Å². The Kier molecular flexibility index (Phi) is 4.59. The van der Waals surface area contributed by atoms with Crippen molar-refractivity contribution < 1.29 is 28.1 Å². The molecule has 0 bridgehead atoms. The van der Waals surface area contributed by atoms with Gasteiger partial charge in [0.2, 0.25) is 0 Å². The molecule has 0 aliphatic rings. The van der Waals surface area contributed by atoms with Gasteiger partial charge in [-0.15, -0.1) is 13.2 Å². The zero-order valence-corrected chi connectivity index (χ0v) is 8.74. The molecule has 0 saturated carbocycles. The molecule has 0 radical (unpaired) electrons. The van der Waals surface area contributed by atoms with E-state index >= 15 is 0 Å². The first kappa shape index (κ1) is 13.6. The van der Waals surface area contributed by atoms with Crippen LogP contribution in [-0.2, 0) is 0 Å². The van der Waals surface area contributed by atoms with E-state index in [2.05, 4.69) is 10.1 Å². The summed E-state index contributed by atoms with van der Waals surface area (Å²) in [5.74, 6) is -0.384. The molecular formula is C10H12F3NO3. The SMILES string of the molecule is OCC(O)CNc1ccccc1OC(F)(F)F. The zero-order chi connectivity index (χ0) is 12.9. The summed E-state index contributed by atoms with van der Waals surface area (Å²) in [6.45, 7) is -0.552. The predicted molar refractivity (Wildman–Crippen MR) is 54.7 cm³/mol. The molecule has 1 aromatic rings. The van der Waals surface area contributed by atoms with Crippen molar-refractivity contribution in [3.8, 4) is 5.75 Å². The van der Waals surface area contributed by atoms with Gasteiger partial charge in [0, 0.05) is 6.54 Å². The number of nitrogens with one attached hydrogen (secondary N) is 1. The van der Waals surface area contributed by atoms with E-state index in [4.69, 9.17) is 10.2 Å². The maximum atomic E-state index is 12.0. The van der Waals surface area contributed by atoms with Crippen LogP contribution in [0.15, 0.2) is 24.3 Å². The summed E-state index contributed by atoms with van der Waals surface area (Å²) in [5, 5.41) is 20.2. The molecule has 0 aliphatic carbocycles. The Bertz CT molecular complexity index is 357. The molecular weight excluding hydrogens is 239 g/mol. The standard InChI is InChI=1S/C10H12F3NO3/c11-10(12,13)17-9-4-2-1-3-8(9)14-5-7(16)6-15/h1-4,7,14-16H,5-6H2. The molecule has 4 nitrogen and oxygen atoms in total. The fourth-order valence-electron chi connectivity index (χ4n) is 1.12. The van der Waals surface area contributed by atoms with Gasteiger partial charge in [0.1, 0.15) is 0 Å². The van der Waals surface area contributed by atoms with Crippen LogP contribution in [-0.4, -0.2) is 35.8 Å². The summed E-state index contributed by atoms with van der Waals surface area (Å²) in [6, 6.07) is 5.46. The molecule has 3 N–H and O–H groups in total. The fourth-order valence-corrected chi connectivity index (χ4v) is 1.12. The molecule has 0 spiro atoms. The van der Waals surface area contributed by atoms with E-state index in [1.807, 2.05) is 0 Å². The molecule has 1 atom stereocenters. The Balaban J connectivity index is 2.71. The topological polar surface area (TPSA) is 61.7 Å². The second-order valence-corrected chi connectivity index (χ2v) is 3.26. The minimum absolute atomic E-state index is 0.0747. The molecule has 1 unspecified atom stereocenters. The lowest BCUT2D eigenvalue weighted by molar-refractivity contribution is -0.274. The van der Waals surface area contributed by atoms with Gasteiger partial charge in [-0.1, -0.05) is 12.1 Å². The Morgan fingerprint density at radius 2 is 1.94 bits per heavy atom. The molecule has 0 aliphatic heterocycles. The predicted octanol–water partition coefficient (Wildman–Crippen LogP) is 1.35. The van der Waals surface area contributed by atoms with Gasteiger partial charge in [-0.2, -0.15) is 0 Å². The molecule has 0 aromatic heterocycles. The first-order valence-electron chi connectivity index (χ1n) is 4.80. The number of benzene rings is 1. The van der Waals surface area contributed by atoms with E-state index in [9.17, 15) is 13.2 Å². The van der Waals surface area contributed by atoms with Crippen molar-refractivity contribution >= 4 is 5.69 Å². The summed E-state index contributed by atoms with van der Waals surface area (Å²) >= 11 is 0. The van der Waals surface area contributed by atoms with Crippen LogP contribution in [0.1, 0.15) is 0 Å². The second-order valence-electron chi connectivity index (χ2n) is 3.26. The Hall–Kier alpha value is -1.47. The van der Waals surface area contributed by atoms with Crippen molar-refractivity contribution in [1.82, 2.24) is 0 Å². The molecule has 0 fully saturated rings. The van der Waals surface area contributed by atoms with Crippen LogP contribution in [0.5, 0.6) is 5.75 Å². The second kappa shape index (κ2) is 5.74. The molecule has 0 heterocycles. The lowest BCUT2D eigenvalue weighted by Crippen LogP contribution is -2.24. The summed E-state index contributed by atoms with van der Waals surface area (Å²) < 4.78 is 39.9. The van der Waals surface area contributed by atoms with E-state index in [1.165, 1.54) is 18.2 Å². The summed E-state index contributed by atoms with van der Waals surface area (Å²) in [4.78, 5) is 0. The number of halogens is 3. The van der Waals surface area contributed by atoms with Crippen LogP contribution >= 0.6 is 0 Å². The van der Waals surface area contributed by atoms with Gasteiger partial charge >= 0.3 is 6.36 Å². The highest BCUT2D eigenvalue weighted by Gasteiger charge is 2.32. The van der Waals surface area contributed by atoms with E-state index in [1.54, 1.807) is 0 Å². The monoisotopic (exact) mass is 251 g/mol. The average Bonchev–Trinajstić information content (AvgIpc) is 2.25. The zero-order valence-electron chi connectivity index (χ0n) is 8.74. The highest BCUT2D eigenvalue weighted by molar-refractivity contribution is 5.56. The average molecular weight is 251 g/mol. The van der Waals surface area contributed by atoms with Crippen LogP contribution < -0.4 is 10.1 Å². The molecule has 7 heteroatoms. The van der Waals surface area contributed by atoms with E-state index < -0.39 is 19.1 Å².